The largest absolute Gasteiger partial charge is 0.496 e. The van der Waals surface area contributed by atoms with Crippen LogP contribution in [0.4, 0.5) is 0 Å². The summed E-state index contributed by atoms with van der Waals surface area (Å²) in [5.41, 5.74) is -0.265. The third kappa shape index (κ3) is 4.23. The monoisotopic (exact) mass is 354 g/mol. The number of hydrogen-bond donors (Lipinski definition) is 3. The molecule has 1 aliphatic heterocycles. The molecule has 140 valence electrons. The highest BCUT2D eigenvalue weighted by atomic mass is 16.7. The minimum absolute atomic E-state index is 0.0534. The molecule has 0 unspecified atom stereocenters. The summed E-state index contributed by atoms with van der Waals surface area (Å²) < 4.78 is 17.2. The summed E-state index contributed by atoms with van der Waals surface area (Å²) in [6.07, 6.45) is -1.91. The van der Waals surface area contributed by atoms with Crippen LogP contribution in [0.15, 0.2) is 12.1 Å². The molecule has 25 heavy (non-hydrogen) atoms. The van der Waals surface area contributed by atoms with Gasteiger partial charge in [0.1, 0.15) is 23.7 Å². The average Bonchev–Trinajstić information content (AvgIpc) is 2.49. The van der Waals surface area contributed by atoms with Crippen molar-refractivity contribution < 1.29 is 34.3 Å². The maximum Gasteiger partial charge on any atom is 0.303 e. The van der Waals surface area contributed by atoms with E-state index < -0.39 is 29.6 Å². The zero-order valence-corrected chi connectivity index (χ0v) is 15.2. The Balaban J connectivity index is 2.59. The van der Waals surface area contributed by atoms with E-state index >= 15 is 0 Å². The van der Waals surface area contributed by atoms with Crippen LogP contribution in [0.1, 0.15) is 51.3 Å². The number of aliphatic hydroxyl groups is 2. The average molecular weight is 354 g/mol. The standard InChI is InChI=1S/C18H26O7/c1-17(2,22)16(21)15-13-11(23-5)8-6-10(7-9-12(19)20)14(13)24-18(3,4)25-15/h6,8,15-16,21-22H,7,9H2,1-5H3,(H,19,20)/t15-,16-/m0/s1. The Morgan fingerprint density at radius 3 is 2.56 bits per heavy atom. The molecule has 3 N–H and O–H groups in total. The molecule has 7 nitrogen and oxygen atoms in total. The zero-order chi connectivity index (χ0) is 19.0. The van der Waals surface area contributed by atoms with Gasteiger partial charge < -0.3 is 29.5 Å². The van der Waals surface area contributed by atoms with Crippen molar-refractivity contribution in [2.45, 2.75) is 64.1 Å². The molecule has 0 aliphatic carbocycles. The van der Waals surface area contributed by atoms with Crippen molar-refractivity contribution in [1.82, 2.24) is 0 Å². The second kappa shape index (κ2) is 6.82. The fraction of sp³-hybridized carbons (Fsp3) is 0.611. The summed E-state index contributed by atoms with van der Waals surface area (Å²) in [6.45, 7) is 6.37. The normalized spacial score (nSPS) is 20.4. The van der Waals surface area contributed by atoms with Crippen LogP contribution in [0, 0.1) is 0 Å². The number of ether oxygens (including phenoxy) is 3. The molecule has 7 heteroatoms. The maximum absolute atomic E-state index is 10.9. The smallest absolute Gasteiger partial charge is 0.303 e. The summed E-state index contributed by atoms with van der Waals surface area (Å²) in [5.74, 6) is -1.10. The lowest BCUT2D eigenvalue weighted by Gasteiger charge is -2.43. The number of carboxylic acid groups (broad SMARTS) is 1. The van der Waals surface area contributed by atoms with Gasteiger partial charge in [0, 0.05) is 20.3 Å². The number of carbonyl (C=O) groups is 1. The van der Waals surface area contributed by atoms with Gasteiger partial charge in [0.15, 0.2) is 0 Å². The van der Waals surface area contributed by atoms with Crippen LogP contribution in [0.25, 0.3) is 0 Å². The fourth-order valence-electron chi connectivity index (χ4n) is 2.86. The number of hydrogen-bond acceptors (Lipinski definition) is 6. The first-order valence-corrected chi connectivity index (χ1v) is 8.15. The van der Waals surface area contributed by atoms with Gasteiger partial charge in [0.05, 0.1) is 18.3 Å². The van der Waals surface area contributed by atoms with Gasteiger partial charge in [0.25, 0.3) is 0 Å². The Kier molecular flexibility index (Phi) is 5.32. The van der Waals surface area contributed by atoms with Crippen molar-refractivity contribution in [2.75, 3.05) is 7.11 Å². The predicted octanol–water partition coefficient (Wildman–Crippen LogP) is 2.03. The van der Waals surface area contributed by atoms with Crippen molar-refractivity contribution >= 4 is 5.97 Å². The molecule has 0 saturated carbocycles. The highest BCUT2D eigenvalue weighted by Crippen LogP contribution is 2.48. The predicted molar refractivity (Wildman–Crippen MR) is 89.8 cm³/mol. The Labute approximate surface area is 147 Å². The lowest BCUT2D eigenvalue weighted by atomic mass is 9.88. The lowest BCUT2D eigenvalue weighted by Crippen LogP contribution is -2.48. The Hall–Kier alpha value is -1.83. The first-order valence-electron chi connectivity index (χ1n) is 8.15. The molecule has 2 rings (SSSR count). The summed E-state index contributed by atoms with van der Waals surface area (Å²) in [6, 6.07) is 3.43. The first-order chi connectivity index (χ1) is 11.5. The third-order valence-electron chi connectivity index (χ3n) is 4.12. The molecule has 2 atom stereocenters. The van der Waals surface area contributed by atoms with E-state index in [1.165, 1.54) is 21.0 Å². The van der Waals surface area contributed by atoms with Crippen LogP contribution < -0.4 is 9.47 Å². The van der Waals surface area contributed by atoms with Crippen molar-refractivity contribution in [3.8, 4) is 11.5 Å². The van der Waals surface area contributed by atoms with Gasteiger partial charge in [-0.3, -0.25) is 4.79 Å². The molecule has 0 bridgehead atoms. The van der Waals surface area contributed by atoms with Crippen molar-refractivity contribution in [3.05, 3.63) is 23.3 Å². The minimum atomic E-state index is -1.42. The highest BCUT2D eigenvalue weighted by molar-refractivity contribution is 5.67. The molecule has 1 aromatic carbocycles. The van der Waals surface area contributed by atoms with E-state index in [4.69, 9.17) is 19.3 Å². The zero-order valence-electron chi connectivity index (χ0n) is 15.2. The number of benzene rings is 1. The van der Waals surface area contributed by atoms with Crippen molar-refractivity contribution in [1.29, 1.82) is 0 Å². The van der Waals surface area contributed by atoms with Gasteiger partial charge in [-0.25, -0.2) is 0 Å². The SMILES string of the molecule is COc1ccc(CCC(=O)O)c2c1[C@@H]([C@H](O)C(C)(C)O)OC(C)(C)O2. The molecule has 0 spiro atoms. The van der Waals surface area contributed by atoms with Gasteiger partial charge in [-0.05, 0) is 31.9 Å². The van der Waals surface area contributed by atoms with Gasteiger partial charge in [0.2, 0.25) is 5.79 Å². The molecule has 1 aromatic rings. The Morgan fingerprint density at radius 1 is 1.40 bits per heavy atom. The van der Waals surface area contributed by atoms with Gasteiger partial charge in [-0.15, -0.1) is 0 Å². The van der Waals surface area contributed by atoms with E-state index in [2.05, 4.69) is 0 Å². The molecule has 0 fully saturated rings. The molecule has 0 aromatic heterocycles. The van der Waals surface area contributed by atoms with Crippen LogP contribution >= 0.6 is 0 Å². The third-order valence-corrected chi connectivity index (χ3v) is 4.12. The first kappa shape index (κ1) is 19.5. The molecule has 0 amide bonds. The second-order valence-corrected chi connectivity index (χ2v) is 7.20. The number of aliphatic carboxylic acids is 1. The van der Waals surface area contributed by atoms with E-state index in [1.54, 1.807) is 26.0 Å². The summed E-state index contributed by atoms with van der Waals surface area (Å²) >= 11 is 0. The van der Waals surface area contributed by atoms with Gasteiger partial charge in [-0.1, -0.05) is 6.07 Å². The summed E-state index contributed by atoms with van der Waals surface area (Å²) in [5, 5.41) is 29.9. The van der Waals surface area contributed by atoms with E-state index in [0.717, 1.165) is 0 Å². The van der Waals surface area contributed by atoms with Crippen LogP contribution in [0.2, 0.25) is 0 Å². The van der Waals surface area contributed by atoms with Gasteiger partial charge in [-0.2, -0.15) is 0 Å². The number of aliphatic hydroxyl groups excluding tert-OH is 1. The maximum atomic E-state index is 10.9. The minimum Gasteiger partial charge on any atom is -0.496 e. The van der Waals surface area contributed by atoms with Gasteiger partial charge >= 0.3 is 5.97 Å². The summed E-state index contributed by atoms with van der Waals surface area (Å²) in [4.78, 5) is 10.9. The number of fused-ring (bicyclic) bond motifs is 1. The molecular weight excluding hydrogens is 328 g/mol. The number of methoxy groups -OCH3 is 1. The quantitative estimate of drug-likeness (QED) is 0.718. The second-order valence-electron chi connectivity index (χ2n) is 7.20. The number of carboxylic acids is 1. The van der Waals surface area contributed by atoms with Crippen LogP contribution in [0.3, 0.4) is 0 Å². The van der Waals surface area contributed by atoms with Crippen molar-refractivity contribution in [3.63, 3.8) is 0 Å². The summed E-state index contributed by atoms with van der Waals surface area (Å²) in [7, 11) is 1.49. The molecular formula is C18H26O7. The van der Waals surface area contributed by atoms with Crippen molar-refractivity contribution in [2.24, 2.45) is 0 Å². The van der Waals surface area contributed by atoms with Crippen LogP contribution in [-0.4, -0.2) is 45.9 Å². The molecule has 1 aliphatic rings. The fourth-order valence-corrected chi connectivity index (χ4v) is 2.86. The number of aryl methyl sites for hydroxylation is 1. The van der Waals surface area contributed by atoms with E-state index in [-0.39, 0.29) is 12.8 Å². The molecule has 1 heterocycles. The van der Waals surface area contributed by atoms with Crippen LogP contribution in [-0.2, 0) is 16.0 Å². The Bertz CT molecular complexity index is 646. The topological polar surface area (TPSA) is 105 Å². The van der Waals surface area contributed by atoms with E-state index in [1.807, 2.05) is 0 Å². The Morgan fingerprint density at radius 2 is 2.04 bits per heavy atom. The molecule has 0 radical (unpaired) electrons. The number of rotatable bonds is 6. The molecule has 0 saturated heterocycles. The van der Waals surface area contributed by atoms with E-state index in [9.17, 15) is 15.0 Å². The van der Waals surface area contributed by atoms with E-state index in [0.29, 0.717) is 22.6 Å². The lowest BCUT2D eigenvalue weighted by molar-refractivity contribution is -0.247. The van der Waals surface area contributed by atoms with Crippen LogP contribution in [0.5, 0.6) is 11.5 Å². The highest BCUT2D eigenvalue weighted by Gasteiger charge is 2.45.